The van der Waals surface area contributed by atoms with Crippen molar-refractivity contribution in [2.24, 2.45) is 5.41 Å². The number of aryl methyl sites for hydroxylation is 2. The monoisotopic (exact) mass is 455 g/mol. The molecule has 7 rings (SSSR count). The van der Waals surface area contributed by atoms with Crippen LogP contribution in [0.5, 0.6) is 0 Å². The van der Waals surface area contributed by atoms with Crippen molar-refractivity contribution < 1.29 is 17.9 Å². The van der Waals surface area contributed by atoms with E-state index in [9.17, 15) is 13.2 Å². The number of hydrogen-bond acceptors (Lipinski definition) is 6. The average Bonchev–Trinajstić information content (AvgIpc) is 2.70. The minimum absolute atomic E-state index is 0.102. The normalized spacial score (nSPS) is 29.0. The highest BCUT2D eigenvalue weighted by Crippen LogP contribution is 2.78. The number of pyridine rings is 2. The fourth-order valence-corrected chi connectivity index (χ4v) is 5.78. The van der Waals surface area contributed by atoms with E-state index >= 15 is 0 Å². The van der Waals surface area contributed by atoms with Crippen LogP contribution in [-0.2, 0) is 10.2 Å². The zero-order chi connectivity index (χ0) is 23.0. The number of anilines is 1. The topological polar surface area (TPSA) is 64.0 Å². The molecule has 3 aromatic rings. The lowest BCUT2D eigenvalue weighted by molar-refractivity contribution is -0.337. The van der Waals surface area contributed by atoms with Gasteiger partial charge in [0.1, 0.15) is 6.10 Å². The number of ether oxygens (including phenoxy) is 1. The lowest BCUT2D eigenvalue weighted by atomic mass is 9.33. The van der Waals surface area contributed by atoms with Crippen LogP contribution >= 0.6 is 0 Å². The van der Waals surface area contributed by atoms with Crippen molar-refractivity contribution in [3.05, 3.63) is 53.1 Å². The molecule has 3 aliphatic carbocycles. The lowest BCUT2D eigenvalue weighted by Crippen LogP contribution is -2.70. The summed E-state index contributed by atoms with van der Waals surface area (Å²) in [5, 5.41) is 0.759. The SMILES string of the molecule is Cc1cc([C@@H]2CN(c3nc(C45CC(C(F)(F)F)(C4)C5)c4ccc(C)nc4n3)CCO2)ccn1. The van der Waals surface area contributed by atoms with Crippen molar-refractivity contribution in [1.82, 2.24) is 19.9 Å². The van der Waals surface area contributed by atoms with E-state index in [1.165, 1.54) is 0 Å². The molecule has 6 nitrogen and oxygen atoms in total. The molecule has 3 saturated carbocycles. The molecule has 172 valence electrons. The van der Waals surface area contributed by atoms with Gasteiger partial charge in [-0.3, -0.25) is 4.98 Å². The van der Waals surface area contributed by atoms with Crippen LogP contribution < -0.4 is 4.90 Å². The van der Waals surface area contributed by atoms with Crippen LogP contribution in [0, 0.1) is 19.3 Å². The Balaban J connectivity index is 1.37. The highest BCUT2D eigenvalue weighted by atomic mass is 19.4. The van der Waals surface area contributed by atoms with Crippen molar-refractivity contribution >= 4 is 17.0 Å². The molecule has 1 aliphatic heterocycles. The molecular formula is C24H24F3N5O. The van der Waals surface area contributed by atoms with Crippen LogP contribution in [0.1, 0.15) is 48.0 Å². The van der Waals surface area contributed by atoms with Gasteiger partial charge in [0.15, 0.2) is 5.65 Å². The van der Waals surface area contributed by atoms with Gasteiger partial charge in [0.2, 0.25) is 5.95 Å². The predicted octanol–water partition coefficient (Wildman–Crippen LogP) is 4.60. The second-order valence-corrected chi connectivity index (χ2v) is 9.82. The number of fused-ring (bicyclic) bond motifs is 1. The highest BCUT2D eigenvalue weighted by Gasteiger charge is 2.79. The highest BCUT2D eigenvalue weighted by molar-refractivity contribution is 5.81. The first-order valence-electron chi connectivity index (χ1n) is 11.2. The van der Waals surface area contributed by atoms with Crippen molar-refractivity contribution in [3.63, 3.8) is 0 Å². The van der Waals surface area contributed by atoms with Gasteiger partial charge in [-0.15, -0.1) is 0 Å². The maximum atomic E-state index is 13.5. The molecule has 0 N–H and O–H groups in total. The predicted molar refractivity (Wildman–Crippen MR) is 116 cm³/mol. The third-order valence-electron chi connectivity index (χ3n) is 7.46. The first kappa shape index (κ1) is 20.8. The third-order valence-corrected chi connectivity index (χ3v) is 7.46. The van der Waals surface area contributed by atoms with E-state index in [4.69, 9.17) is 14.7 Å². The molecule has 0 amide bonds. The second-order valence-electron chi connectivity index (χ2n) is 9.82. The van der Waals surface area contributed by atoms with Crippen LogP contribution in [-0.4, -0.2) is 45.8 Å². The Labute approximate surface area is 189 Å². The summed E-state index contributed by atoms with van der Waals surface area (Å²) in [7, 11) is 0. The maximum Gasteiger partial charge on any atom is 0.394 e. The summed E-state index contributed by atoms with van der Waals surface area (Å²) >= 11 is 0. The van der Waals surface area contributed by atoms with Crippen LogP contribution in [0.4, 0.5) is 19.1 Å². The van der Waals surface area contributed by atoms with E-state index in [0.29, 0.717) is 37.0 Å². The molecule has 4 fully saturated rings. The van der Waals surface area contributed by atoms with Gasteiger partial charge in [-0.1, -0.05) is 0 Å². The smallest absolute Gasteiger partial charge is 0.370 e. The number of aromatic nitrogens is 4. The Morgan fingerprint density at radius 3 is 2.55 bits per heavy atom. The fourth-order valence-electron chi connectivity index (χ4n) is 5.78. The van der Waals surface area contributed by atoms with E-state index in [1.54, 1.807) is 6.20 Å². The van der Waals surface area contributed by atoms with Crippen LogP contribution in [0.25, 0.3) is 11.0 Å². The van der Waals surface area contributed by atoms with Gasteiger partial charge < -0.3 is 9.64 Å². The minimum atomic E-state index is -4.16. The quantitative estimate of drug-likeness (QED) is 0.575. The summed E-state index contributed by atoms with van der Waals surface area (Å²) in [6.07, 6.45) is -2.24. The van der Waals surface area contributed by atoms with E-state index in [1.807, 2.05) is 38.1 Å². The standard InChI is InChI=1S/C24H24F3N5O/c1-14-3-4-17-19(22-11-23(12-22,13-22)24(25,26)27)30-21(31-20(17)29-14)32-7-8-33-18(10-32)16-5-6-28-15(2)9-16/h3-6,9,18H,7-8,10-13H2,1-2H3/t18-,22?,23?/m0/s1. The summed E-state index contributed by atoms with van der Waals surface area (Å²) < 4.78 is 46.5. The lowest BCUT2D eigenvalue weighted by Gasteiger charge is -2.70. The van der Waals surface area contributed by atoms with E-state index in [0.717, 1.165) is 22.3 Å². The van der Waals surface area contributed by atoms with Gasteiger partial charge in [-0.25, -0.2) is 9.97 Å². The van der Waals surface area contributed by atoms with E-state index in [2.05, 4.69) is 14.9 Å². The molecule has 0 aromatic carbocycles. The number of nitrogens with zero attached hydrogens (tertiary/aromatic N) is 5. The van der Waals surface area contributed by atoms with Crippen LogP contribution in [0.3, 0.4) is 0 Å². The first-order chi connectivity index (χ1) is 15.7. The molecule has 33 heavy (non-hydrogen) atoms. The van der Waals surface area contributed by atoms with Gasteiger partial charge in [0.25, 0.3) is 0 Å². The number of hydrogen-bond donors (Lipinski definition) is 0. The molecule has 0 radical (unpaired) electrons. The molecule has 4 heterocycles. The first-order valence-corrected chi connectivity index (χ1v) is 11.2. The van der Waals surface area contributed by atoms with Crippen molar-refractivity contribution in [1.29, 1.82) is 0 Å². The summed E-state index contributed by atoms with van der Waals surface area (Å²) in [6, 6.07) is 7.72. The second kappa shape index (κ2) is 6.85. The number of alkyl halides is 3. The molecule has 3 aromatic heterocycles. The zero-order valence-corrected chi connectivity index (χ0v) is 18.5. The Morgan fingerprint density at radius 1 is 1.03 bits per heavy atom. The molecule has 9 heteroatoms. The van der Waals surface area contributed by atoms with E-state index < -0.39 is 17.0 Å². The number of morpholine rings is 1. The van der Waals surface area contributed by atoms with Gasteiger partial charge >= 0.3 is 6.18 Å². The summed E-state index contributed by atoms with van der Waals surface area (Å²) in [4.78, 5) is 20.5. The molecular weight excluding hydrogens is 431 g/mol. The van der Waals surface area contributed by atoms with Gasteiger partial charge in [0.05, 0.1) is 24.3 Å². The molecule has 1 atom stereocenters. The minimum Gasteiger partial charge on any atom is -0.370 e. The molecule has 2 bridgehead atoms. The molecule has 0 spiro atoms. The molecule has 0 unspecified atom stereocenters. The van der Waals surface area contributed by atoms with Crippen molar-refractivity contribution in [3.8, 4) is 0 Å². The number of halogens is 3. The van der Waals surface area contributed by atoms with Crippen molar-refractivity contribution in [2.75, 3.05) is 24.6 Å². The summed E-state index contributed by atoms with van der Waals surface area (Å²) in [6.45, 7) is 5.49. The van der Waals surface area contributed by atoms with E-state index in [-0.39, 0.29) is 25.4 Å². The fraction of sp³-hybridized carbons (Fsp3) is 0.500. The Hall–Kier alpha value is -2.81. The average molecular weight is 455 g/mol. The third kappa shape index (κ3) is 3.12. The largest absolute Gasteiger partial charge is 0.394 e. The maximum absolute atomic E-state index is 13.5. The summed E-state index contributed by atoms with van der Waals surface area (Å²) in [5.41, 5.74) is 1.96. The summed E-state index contributed by atoms with van der Waals surface area (Å²) in [5.74, 6) is 0.514. The molecule has 1 saturated heterocycles. The van der Waals surface area contributed by atoms with Gasteiger partial charge in [-0.05, 0) is 62.9 Å². The van der Waals surface area contributed by atoms with Crippen LogP contribution in [0.2, 0.25) is 0 Å². The zero-order valence-electron chi connectivity index (χ0n) is 18.5. The Bertz CT molecular complexity index is 1240. The van der Waals surface area contributed by atoms with Gasteiger partial charge in [-0.2, -0.15) is 18.2 Å². The van der Waals surface area contributed by atoms with Crippen LogP contribution in [0.15, 0.2) is 30.5 Å². The molecule has 4 aliphatic rings. The van der Waals surface area contributed by atoms with Crippen molar-refractivity contribution in [2.45, 2.75) is 50.8 Å². The van der Waals surface area contributed by atoms with Gasteiger partial charge in [0, 0.05) is 34.9 Å². The number of rotatable bonds is 3. The Kier molecular flexibility index (Phi) is 4.31. The Morgan fingerprint density at radius 2 is 1.82 bits per heavy atom.